The standard InChI is InChI=1S/C16H25N3O2/c1-16(17,15(20)21)8-5-9-18-10-12-19(13-11-18)14-6-3-2-4-7-14/h2-4,6-7H,5,8-13,17H2,1H3,(H,20,21). The first kappa shape index (κ1) is 15.8. The van der Waals surface area contributed by atoms with Crippen LogP contribution in [0.1, 0.15) is 19.8 Å². The quantitative estimate of drug-likeness (QED) is 0.829. The van der Waals surface area contributed by atoms with Gasteiger partial charge in [0.15, 0.2) is 0 Å². The van der Waals surface area contributed by atoms with Crippen LogP contribution in [0.2, 0.25) is 0 Å². The molecule has 1 atom stereocenters. The van der Waals surface area contributed by atoms with Crippen molar-refractivity contribution in [3.63, 3.8) is 0 Å². The molecule has 21 heavy (non-hydrogen) atoms. The molecule has 1 saturated heterocycles. The van der Waals surface area contributed by atoms with Crippen molar-refractivity contribution in [1.82, 2.24) is 4.90 Å². The monoisotopic (exact) mass is 291 g/mol. The van der Waals surface area contributed by atoms with Gasteiger partial charge >= 0.3 is 5.97 Å². The number of para-hydroxylation sites is 1. The van der Waals surface area contributed by atoms with Crippen LogP contribution >= 0.6 is 0 Å². The van der Waals surface area contributed by atoms with E-state index in [4.69, 9.17) is 10.8 Å². The van der Waals surface area contributed by atoms with E-state index in [2.05, 4.69) is 34.1 Å². The smallest absolute Gasteiger partial charge is 0.323 e. The van der Waals surface area contributed by atoms with Crippen LogP contribution in [0.4, 0.5) is 5.69 Å². The first-order valence-electron chi connectivity index (χ1n) is 7.54. The fraction of sp³-hybridized carbons (Fsp3) is 0.562. The molecular weight excluding hydrogens is 266 g/mol. The lowest BCUT2D eigenvalue weighted by Crippen LogP contribution is -2.48. The first-order valence-corrected chi connectivity index (χ1v) is 7.54. The van der Waals surface area contributed by atoms with Gasteiger partial charge in [-0.15, -0.1) is 0 Å². The number of nitrogens with two attached hydrogens (primary N) is 1. The zero-order valence-corrected chi connectivity index (χ0v) is 12.7. The third-order valence-corrected chi connectivity index (χ3v) is 4.15. The van der Waals surface area contributed by atoms with Crippen molar-refractivity contribution in [3.8, 4) is 0 Å². The van der Waals surface area contributed by atoms with Gasteiger partial charge in [0.2, 0.25) is 0 Å². The van der Waals surface area contributed by atoms with Gasteiger partial charge in [-0.1, -0.05) is 18.2 Å². The molecule has 0 saturated carbocycles. The van der Waals surface area contributed by atoms with Crippen LogP contribution < -0.4 is 10.6 Å². The molecule has 1 fully saturated rings. The SMILES string of the molecule is CC(N)(CCCN1CCN(c2ccccc2)CC1)C(=O)O. The van der Waals surface area contributed by atoms with Gasteiger partial charge in [0.1, 0.15) is 5.54 Å². The predicted molar refractivity (Wildman–Crippen MR) is 84.6 cm³/mol. The van der Waals surface area contributed by atoms with Crippen molar-refractivity contribution in [2.24, 2.45) is 5.73 Å². The van der Waals surface area contributed by atoms with Crippen LogP contribution in [0.3, 0.4) is 0 Å². The van der Waals surface area contributed by atoms with Crippen molar-refractivity contribution in [2.75, 3.05) is 37.6 Å². The third kappa shape index (κ3) is 4.44. The Hall–Kier alpha value is -1.59. The number of piperazine rings is 1. The molecule has 0 aliphatic carbocycles. The number of carboxylic acid groups (broad SMARTS) is 1. The fourth-order valence-electron chi connectivity index (χ4n) is 2.65. The number of aliphatic carboxylic acids is 1. The Morgan fingerprint density at radius 3 is 2.43 bits per heavy atom. The molecule has 3 N–H and O–H groups in total. The number of carboxylic acids is 1. The van der Waals surface area contributed by atoms with Gasteiger partial charge in [-0.05, 0) is 38.4 Å². The van der Waals surface area contributed by atoms with Crippen LogP contribution in [-0.2, 0) is 4.79 Å². The predicted octanol–water partition coefficient (Wildman–Crippen LogP) is 1.39. The highest BCUT2D eigenvalue weighted by Crippen LogP contribution is 2.16. The van der Waals surface area contributed by atoms with Crippen LogP contribution in [0.15, 0.2) is 30.3 Å². The number of anilines is 1. The van der Waals surface area contributed by atoms with Gasteiger partial charge in [0.05, 0.1) is 0 Å². The Labute approximate surface area is 126 Å². The van der Waals surface area contributed by atoms with E-state index in [1.165, 1.54) is 5.69 Å². The van der Waals surface area contributed by atoms with Gasteiger partial charge in [-0.25, -0.2) is 0 Å². The Morgan fingerprint density at radius 1 is 1.24 bits per heavy atom. The summed E-state index contributed by atoms with van der Waals surface area (Å²) in [6, 6.07) is 10.4. The van der Waals surface area contributed by atoms with Crippen molar-refractivity contribution < 1.29 is 9.90 Å². The number of hydrogen-bond acceptors (Lipinski definition) is 4. The molecule has 1 unspecified atom stereocenters. The minimum Gasteiger partial charge on any atom is -0.480 e. The average Bonchev–Trinajstić information content (AvgIpc) is 2.48. The summed E-state index contributed by atoms with van der Waals surface area (Å²) in [6.07, 6.45) is 1.34. The first-order chi connectivity index (χ1) is 9.99. The van der Waals surface area contributed by atoms with Crippen molar-refractivity contribution in [3.05, 3.63) is 30.3 Å². The number of hydrogen-bond donors (Lipinski definition) is 2. The van der Waals surface area contributed by atoms with E-state index in [1.807, 2.05) is 6.07 Å². The van der Waals surface area contributed by atoms with Gasteiger partial charge in [-0.3, -0.25) is 9.69 Å². The summed E-state index contributed by atoms with van der Waals surface area (Å²) < 4.78 is 0. The Bertz CT molecular complexity index is 454. The molecule has 116 valence electrons. The highest BCUT2D eigenvalue weighted by atomic mass is 16.4. The fourth-order valence-corrected chi connectivity index (χ4v) is 2.65. The van der Waals surface area contributed by atoms with Gasteiger partial charge in [-0.2, -0.15) is 0 Å². The molecule has 1 heterocycles. The second kappa shape index (κ2) is 6.91. The largest absolute Gasteiger partial charge is 0.480 e. The summed E-state index contributed by atoms with van der Waals surface area (Å²) in [5.41, 5.74) is 5.92. The molecular formula is C16H25N3O2. The van der Waals surface area contributed by atoms with Crippen LogP contribution in [0, 0.1) is 0 Å². The van der Waals surface area contributed by atoms with E-state index in [0.717, 1.165) is 39.1 Å². The van der Waals surface area contributed by atoms with Crippen molar-refractivity contribution in [2.45, 2.75) is 25.3 Å². The Morgan fingerprint density at radius 2 is 1.86 bits per heavy atom. The molecule has 5 heteroatoms. The maximum absolute atomic E-state index is 11.0. The number of nitrogens with zero attached hydrogens (tertiary/aromatic N) is 2. The highest BCUT2D eigenvalue weighted by molar-refractivity contribution is 5.77. The van der Waals surface area contributed by atoms with E-state index in [9.17, 15) is 4.79 Å². The topological polar surface area (TPSA) is 69.8 Å². The van der Waals surface area contributed by atoms with Gasteiger partial charge in [0.25, 0.3) is 0 Å². The molecule has 0 bridgehead atoms. The lowest BCUT2D eigenvalue weighted by atomic mass is 9.97. The van der Waals surface area contributed by atoms with E-state index in [1.54, 1.807) is 6.92 Å². The molecule has 1 aliphatic heterocycles. The second-order valence-electron chi connectivity index (χ2n) is 5.99. The van der Waals surface area contributed by atoms with E-state index >= 15 is 0 Å². The molecule has 2 rings (SSSR count). The third-order valence-electron chi connectivity index (χ3n) is 4.15. The Balaban J connectivity index is 1.71. The normalized spacial score (nSPS) is 19.2. The molecule has 0 aromatic heterocycles. The zero-order valence-electron chi connectivity index (χ0n) is 12.7. The number of benzene rings is 1. The average molecular weight is 291 g/mol. The van der Waals surface area contributed by atoms with Gasteiger partial charge < -0.3 is 15.7 Å². The van der Waals surface area contributed by atoms with Crippen molar-refractivity contribution in [1.29, 1.82) is 0 Å². The minimum absolute atomic E-state index is 0.515. The summed E-state index contributed by atoms with van der Waals surface area (Å²) in [4.78, 5) is 15.7. The maximum Gasteiger partial charge on any atom is 0.323 e. The van der Waals surface area contributed by atoms with Crippen LogP contribution in [0.25, 0.3) is 0 Å². The van der Waals surface area contributed by atoms with Crippen LogP contribution in [-0.4, -0.2) is 54.2 Å². The lowest BCUT2D eigenvalue weighted by Gasteiger charge is -2.36. The molecule has 0 spiro atoms. The van der Waals surface area contributed by atoms with Crippen LogP contribution in [0.5, 0.6) is 0 Å². The molecule has 0 radical (unpaired) electrons. The maximum atomic E-state index is 11.0. The molecule has 1 aromatic carbocycles. The lowest BCUT2D eigenvalue weighted by molar-refractivity contribution is -0.142. The summed E-state index contributed by atoms with van der Waals surface area (Å²) >= 11 is 0. The van der Waals surface area contributed by atoms with E-state index < -0.39 is 11.5 Å². The zero-order chi connectivity index (χ0) is 15.3. The van der Waals surface area contributed by atoms with E-state index in [0.29, 0.717) is 6.42 Å². The summed E-state index contributed by atoms with van der Waals surface area (Å²) in [7, 11) is 0. The summed E-state index contributed by atoms with van der Waals surface area (Å²) in [6.45, 7) is 6.57. The molecule has 1 aliphatic rings. The minimum atomic E-state index is -1.11. The molecule has 5 nitrogen and oxygen atoms in total. The second-order valence-corrected chi connectivity index (χ2v) is 5.99. The highest BCUT2D eigenvalue weighted by Gasteiger charge is 2.27. The number of rotatable bonds is 6. The van der Waals surface area contributed by atoms with Crippen molar-refractivity contribution >= 4 is 11.7 Å². The molecule has 0 amide bonds. The summed E-state index contributed by atoms with van der Waals surface area (Å²) in [5.74, 6) is -0.920. The van der Waals surface area contributed by atoms with E-state index in [-0.39, 0.29) is 0 Å². The molecule has 1 aromatic rings. The summed E-state index contributed by atoms with van der Waals surface area (Å²) in [5, 5.41) is 8.99. The van der Waals surface area contributed by atoms with Gasteiger partial charge in [0, 0.05) is 31.9 Å². The number of carbonyl (C=O) groups is 1. The Kier molecular flexibility index (Phi) is 5.20.